The summed E-state index contributed by atoms with van der Waals surface area (Å²) in [5, 5.41) is 0. The quantitative estimate of drug-likeness (QED) is 0.595. The Morgan fingerprint density at radius 1 is 1.21 bits per heavy atom. The predicted octanol–water partition coefficient (Wildman–Crippen LogP) is 4.54. The van der Waals surface area contributed by atoms with Gasteiger partial charge in [0.2, 0.25) is 0 Å². The second kappa shape index (κ2) is 6.42. The van der Waals surface area contributed by atoms with Crippen molar-refractivity contribution in [2.24, 2.45) is 0 Å². The monoisotopic (exact) mass is 188 g/mol. The van der Waals surface area contributed by atoms with Gasteiger partial charge in [0, 0.05) is 0 Å². The summed E-state index contributed by atoms with van der Waals surface area (Å²) in [7, 11) is 0. The predicted molar refractivity (Wildman–Crippen MR) is 63.5 cm³/mol. The Balaban J connectivity index is 2.67. The minimum absolute atomic E-state index is 0.706. The van der Waals surface area contributed by atoms with Gasteiger partial charge >= 0.3 is 0 Å². The molecule has 1 aromatic rings. The molecule has 0 fully saturated rings. The maximum atomic E-state index is 2.27. The number of allylic oxidation sites excluding steroid dienone is 2. The minimum Gasteiger partial charge on any atom is -0.0916 e. The molecule has 1 aromatic carbocycles. The first-order valence-electron chi connectivity index (χ1n) is 5.54. The van der Waals surface area contributed by atoms with Crippen LogP contribution in [0, 0.1) is 0 Å². The maximum absolute atomic E-state index is 2.27. The summed E-state index contributed by atoms with van der Waals surface area (Å²) in [6.45, 7) is 4.35. The Kier molecular flexibility index (Phi) is 5.06. The standard InChI is InChI=1S/C14H20/c1-3-5-10-13(9-4-2)14-11-7-6-8-12-14/h3,5-8,11-13H,4,9-10H2,1-2H3. The van der Waals surface area contributed by atoms with Crippen LogP contribution in [0.4, 0.5) is 0 Å². The molecule has 76 valence electrons. The smallest absolute Gasteiger partial charge is 0.0127 e. The van der Waals surface area contributed by atoms with Crippen LogP contribution in [-0.2, 0) is 0 Å². The summed E-state index contributed by atoms with van der Waals surface area (Å²) in [6, 6.07) is 10.8. The highest BCUT2D eigenvalue weighted by Gasteiger charge is 2.07. The molecule has 0 spiro atoms. The topological polar surface area (TPSA) is 0 Å². The zero-order valence-corrected chi connectivity index (χ0v) is 9.24. The molecule has 1 rings (SSSR count). The van der Waals surface area contributed by atoms with E-state index in [4.69, 9.17) is 0 Å². The third-order valence-electron chi connectivity index (χ3n) is 2.56. The lowest BCUT2D eigenvalue weighted by Gasteiger charge is -2.14. The van der Waals surface area contributed by atoms with Gasteiger partial charge in [-0.3, -0.25) is 0 Å². The van der Waals surface area contributed by atoms with Crippen LogP contribution in [0.3, 0.4) is 0 Å². The summed E-state index contributed by atoms with van der Waals surface area (Å²) < 4.78 is 0. The molecule has 0 aliphatic rings. The van der Waals surface area contributed by atoms with Gasteiger partial charge in [0.1, 0.15) is 0 Å². The molecule has 1 unspecified atom stereocenters. The van der Waals surface area contributed by atoms with E-state index in [0.717, 1.165) is 0 Å². The van der Waals surface area contributed by atoms with Crippen LogP contribution in [-0.4, -0.2) is 0 Å². The van der Waals surface area contributed by atoms with Crippen LogP contribution in [0.1, 0.15) is 44.6 Å². The minimum atomic E-state index is 0.706. The largest absolute Gasteiger partial charge is 0.0916 e. The van der Waals surface area contributed by atoms with Crippen molar-refractivity contribution >= 4 is 0 Å². The van der Waals surface area contributed by atoms with Crippen LogP contribution in [0.5, 0.6) is 0 Å². The summed E-state index contributed by atoms with van der Waals surface area (Å²) in [5.41, 5.74) is 1.48. The molecule has 0 amide bonds. The second-order valence-electron chi connectivity index (χ2n) is 3.70. The zero-order valence-electron chi connectivity index (χ0n) is 9.24. The molecule has 0 N–H and O–H groups in total. The fourth-order valence-electron chi connectivity index (χ4n) is 1.79. The lowest BCUT2D eigenvalue weighted by molar-refractivity contribution is 0.620. The Labute approximate surface area is 87.7 Å². The summed E-state index contributed by atoms with van der Waals surface area (Å²) in [5.74, 6) is 0.706. The summed E-state index contributed by atoms with van der Waals surface area (Å²) in [6.07, 6.45) is 8.14. The molecule has 1 atom stereocenters. The average Bonchev–Trinajstić information content (AvgIpc) is 2.25. The van der Waals surface area contributed by atoms with Gasteiger partial charge in [0.25, 0.3) is 0 Å². The molecule has 14 heavy (non-hydrogen) atoms. The molecule has 0 saturated heterocycles. The van der Waals surface area contributed by atoms with Crippen molar-refractivity contribution in [2.75, 3.05) is 0 Å². The number of rotatable bonds is 5. The van der Waals surface area contributed by atoms with Gasteiger partial charge in [-0.1, -0.05) is 55.8 Å². The third kappa shape index (κ3) is 3.37. The van der Waals surface area contributed by atoms with Crippen molar-refractivity contribution < 1.29 is 0 Å². The van der Waals surface area contributed by atoms with Gasteiger partial charge in [-0.25, -0.2) is 0 Å². The third-order valence-corrected chi connectivity index (χ3v) is 2.56. The van der Waals surface area contributed by atoms with Gasteiger partial charge < -0.3 is 0 Å². The summed E-state index contributed by atoms with van der Waals surface area (Å²) in [4.78, 5) is 0. The molecule has 0 nitrogen and oxygen atoms in total. The average molecular weight is 188 g/mol. The molecule has 0 aliphatic heterocycles. The molecule has 0 radical (unpaired) electrons. The van der Waals surface area contributed by atoms with Crippen molar-refractivity contribution in [2.45, 2.75) is 39.0 Å². The van der Waals surface area contributed by atoms with E-state index in [9.17, 15) is 0 Å². The fraction of sp³-hybridized carbons (Fsp3) is 0.429. The number of hydrogen-bond donors (Lipinski definition) is 0. The summed E-state index contributed by atoms with van der Waals surface area (Å²) >= 11 is 0. The normalized spacial score (nSPS) is 13.3. The van der Waals surface area contributed by atoms with Crippen LogP contribution < -0.4 is 0 Å². The van der Waals surface area contributed by atoms with Crippen LogP contribution in [0.2, 0.25) is 0 Å². The van der Waals surface area contributed by atoms with Crippen LogP contribution in [0.25, 0.3) is 0 Å². The first-order valence-corrected chi connectivity index (χ1v) is 5.54. The van der Waals surface area contributed by atoms with E-state index < -0.39 is 0 Å². The highest BCUT2D eigenvalue weighted by atomic mass is 14.1. The number of benzene rings is 1. The molecule has 0 bridgehead atoms. The Morgan fingerprint density at radius 3 is 2.50 bits per heavy atom. The van der Waals surface area contributed by atoms with E-state index >= 15 is 0 Å². The van der Waals surface area contributed by atoms with Crippen molar-refractivity contribution in [3.05, 3.63) is 48.0 Å². The molecule has 0 aliphatic carbocycles. The van der Waals surface area contributed by atoms with Crippen molar-refractivity contribution in [1.29, 1.82) is 0 Å². The second-order valence-corrected chi connectivity index (χ2v) is 3.70. The van der Waals surface area contributed by atoms with Crippen LogP contribution >= 0.6 is 0 Å². The van der Waals surface area contributed by atoms with E-state index in [0.29, 0.717) is 5.92 Å². The first-order chi connectivity index (χ1) is 6.88. The van der Waals surface area contributed by atoms with Crippen molar-refractivity contribution in [3.63, 3.8) is 0 Å². The Morgan fingerprint density at radius 2 is 1.93 bits per heavy atom. The van der Waals surface area contributed by atoms with Crippen LogP contribution in [0.15, 0.2) is 42.5 Å². The number of hydrogen-bond acceptors (Lipinski definition) is 0. The maximum Gasteiger partial charge on any atom is -0.0127 e. The van der Waals surface area contributed by atoms with Gasteiger partial charge in [0.05, 0.1) is 0 Å². The van der Waals surface area contributed by atoms with E-state index in [1.807, 2.05) is 0 Å². The van der Waals surface area contributed by atoms with Crippen molar-refractivity contribution in [3.8, 4) is 0 Å². The SMILES string of the molecule is CC=CCC(CCC)c1ccccc1. The van der Waals surface area contributed by atoms with Gasteiger partial charge in [-0.15, -0.1) is 0 Å². The molecular weight excluding hydrogens is 168 g/mol. The first kappa shape index (κ1) is 11.0. The molecule has 0 saturated carbocycles. The highest BCUT2D eigenvalue weighted by Crippen LogP contribution is 2.24. The van der Waals surface area contributed by atoms with E-state index in [-0.39, 0.29) is 0 Å². The zero-order chi connectivity index (χ0) is 10.2. The lowest BCUT2D eigenvalue weighted by Crippen LogP contribution is -1.96. The van der Waals surface area contributed by atoms with E-state index in [1.165, 1.54) is 24.8 Å². The van der Waals surface area contributed by atoms with Gasteiger partial charge in [0.15, 0.2) is 0 Å². The molecular formula is C14H20. The van der Waals surface area contributed by atoms with Gasteiger partial charge in [-0.2, -0.15) is 0 Å². The molecule has 0 heteroatoms. The lowest BCUT2D eigenvalue weighted by atomic mass is 9.91. The van der Waals surface area contributed by atoms with E-state index in [2.05, 4.69) is 56.3 Å². The van der Waals surface area contributed by atoms with E-state index in [1.54, 1.807) is 0 Å². The Hall–Kier alpha value is -1.04. The Bertz CT molecular complexity index is 259. The molecule has 0 aromatic heterocycles. The van der Waals surface area contributed by atoms with Gasteiger partial charge in [-0.05, 0) is 31.2 Å². The van der Waals surface area contributed by atoms with Crippen molar-refractivity contribution in [1.82, 2.24) is 0 Å². The fourth-order valence-corrected chi connectivity index (χ4v) is 1.79. The molecule has 0 heterocycles. The highest BCUT2D eigenvalue weighted by molar-refractivity contribution is 5.20.